The Morgan fingerprint density at radius 1 is 1.12 bits per heavy atom. The third-order valence-corrected chi connectivity index (χ3v) is 6.77. The van der Waals surface area contributed by atoms with Crippen molar-refractivity contribution in [1.29, 1.82) is 0 Å². The van der Waals surface area contributed by atoms with E-state index in [4.69, 9.17) is 0 Å². The molecule has 0 unspecified atom stereocenters. The number of hydrogen-bond donors (Lipinski definition) is 1. The molecule has 1 N–H and O–H groups in total. The van der Waals surface area contributed by atoms with Gasteiger partial charge in [0.1, 0.15) is 0 Å². The number of carbonyl (C=O) groups is 1. The molecule has 24 heavy (non-hydrogen) atoms. The zero-order valence-corrected chi connectivity index (χ0v) is 15.1. The molecular weight excluding hydrogens is 296 g/mol. The molecule has 1 aromatic carbocycles. The van der Waals surface area contributed by atoms with Gasteiger partial charge in [0.05, 0.1) is 5.41 Å². The zero-order valence-electron chi connectivity index (χ0n) is 15.1. The van der Waals surface area contributed by atoms with E-state index in [1.54, 1.807) is 0 Å². The van der Waals surface area contributed by atoms with Crippen molar-refractivity contribution >= 4 is 5.91 Å². The quantitative estimate of drug-likeness (QED) is 0.901. The molecule has 3 heteroatoms. The Hall–Kier alpha value is -1.35. The molecule has 0 aromatic heterocycles. The predicted molar refractivity (Wildman–Crippen MR) is 96.8 cm³/mol. The second-order valence-electron chi connectivity index (χ2n) is 8.95. The van der Waals surface area contributed by atoms with Gasteiger partial charge in [0.2, 0.25) is 5.91 Å². The molecule has 2 atom stereocenters. The first-order valence-electron chi connectivity index (χ1n) is 9.50. The highest BCUT2D eigenvalue weighted by Crippen LogP contribution is 2.65. The summed E-state index contributed by atoms with van der Waals surface area (Å²) in [5.74, 6) is 1.82. The lowest BCUT2D eigenvalue weighted by Gasteiger charge is -2.61. The number of nitrogens with one attached hydrogen (secondary N) is 1. The molecule has 0 radical (unpaired) electrons. The number of carbonyl (C=O) groups excluding carboxylic acids is 1. The van der Waals surface area contributed by atoms with Gasteiger partial charge >= 0.3 is 0 Å². The molecule has 0 spiro atoms. The number of benzene rings is 1. The minimum absolute atomic E-state index is 0.105. The smallest absolute Gasteiger partial charge is 0.226 e. The van der Waals surface area contributed by atoms with Gasteiger partial charge in [-0.25, -0.2) is 0 Å². The lowest BCUT2D eigenvalue weighted by molar-refractivity contribution is -0.149. The Balaban J connectivity index is 1.58. The van der Waals surface area contributed by atoms with Crippen molar-refractivity contribution in [3.8, 4) is 0 Å². The third-order valence-electron chi connectivity index (χ3n) is 6.77. The van der Waals surface area contributed by atoms with Crippen molar-refractivity contribution in [1.82, 2.24) is 10.2 Å². The van der Waals surface area contributed by atoms with Crippen LogP contribution in [0.5, 0.6) is 0 Å². The van der Waals surface area contributed by atoms with E-state index < -0.39 is 0 Å². The third kappa shape index (κ3) is 2.67. The van der Waals surface area contributed by atoms with E-state index in [0.717, 1.165) is 44.2 Å². The van der Waals surface area contributed by atoms with E-state index in [-0.39, 0.29) is 10.8 Å². The number of hydrogen-bond acceptors (Lipinski definition) is 2. The van der Waals surface area contributed by atoms with Crippen LogP contribution in [0.25, 0.3) is 0 Å². The number of amides is 1. The Morgan fingerprint density at radius 3 is 2.42 bits per heavy atom. The average Bonchev–Trinajstić information content (AvgIpc) is 2.54. The summed E-state index contributed by atoms with van der Waals surface area (Å²) in [7, 11) is 4.11. The van der Waals surface area contributed by atoms with Gasteiger partial charge in [-0.2, -0.15) is 0 Å². The van der Waals surface area contributed by atoms with E-state index in [0.29, 0.717) is 5.91 Å². The van der Waals surface area contributed by atoms with E-state index in [1.807, 2.05) is 0 Å². The second kappa shape index (κ2) is 5.87. The molecule has 4 fully saturated rings. The number of nitrogens with zero attached hydrogens (tertiary/aromatic N) is 1. The first-order chi connectivity index (χ1) is 11.5. The summed E-state index contributed by atoms with van der Waals surface area (Å²) in [6, 6.07) is 11.0. The van der Waals surface area contributed by atoms with Gasteiger partial charge in [-0.05, 0) is 75.4 Å². The van der Waals surface area contributed by atoms with Crippen molar-refractivity contribution in [3.63, 3.8) is 0 Å². The molecule has 1 amide bonds. The minimum atomic E-state index is -0.105. The van der Waals surface area contributed by atoms with E-state index >= 15 is 0 Å². The van der Waals surface area contributed by atoms with Crippen molar-refractivity contribution in [3.05, 3.63) is 35.9 Å². The van der Waals surface area contributed by atoms with Crippen LogP contribution in [0.4, 0.5) is 0 Å². The summed E-state index contributed by atoms with van der Waals surface area (Å²) in [5.41, 5.74) is 1.63. The molecule has 4 aliphatic carbocycles. The summed E-state index contributed by atoms with van der Waals surface area (Å²) in [6.45, 7) is 1.68. The first-order valence-corrected chi connectivity index (χ1v) is 9.50. The van der Waals surface area contributed by atoms with Crippen LogP contribution in [-0.2, 0) is 10.2 Å². The lowest BCUT2D eigenvalue weighted by atomic mass is 9.42. The van der Waals surface area contributed by atoms with Gasteiger partial charge in [-0.3, -0.25) is 4.79 Å². The van der Waals surface area contributed by atoms with Crippen LogP contribution in [0.3, 0.4) is 0 Å². The molecule has 4 saturated carbocycles. The summed E-state index contributed by atoms with van der Waals surface area (Å²) in [6.07, 6.45) is 7.23. The fraction of sp³-hybridized carbons (Fsp3) is 0.667. The fourth-order valence-electron chi connectivity index (χ4n) is 6.24. The van der Waals surface area contributed by atoms with Crippen LogP contribution in [0.15, 0.2) is 30.3 Å². The van der Waals surface area contributed by atoms with Gasteiger partial charge in [-0.1, -0.05) is 30.3 Å². The van der Waals surface area contributed by atoms with E-state index in [2.05, 4.69) is 54.6 Å². The van der Waals surface area contributed by atoms with Crippen molar-refractivity contribution < 1.29 is 4.79 Å². The SMILES string of the molecule is CN(C)CCNC(=O)C12C[C@@H]3C[C@@H](C1)CC(c1ccccc1)(C3)C2. The van der Waals surface area contributed by atoms with Crippen molar-refractivity contribution in [2.45, 2.75) is 43.9 Å². The molecular formula is C21H30N2O. The molecule has 0 aliphatic heterocycles. The molecule has 4 bridgehead atoms. The molecule has 4 aliphatic rings. The largest absolute Gasteiger partial charge is 0.354 e. The highest BCUT2D eigenvalue weighted by molar-refractivity contribution is 5.83. The Kier molecular flexibility index (Phi) is 3.95. The van der Waals surface area contributed by atoms with Crippen LogP contribution in [0.1, 0.15) is 44.1 Å². The normalized spacial score (nSPS) is 37.0. The summed E-state index contributed by atoms with van der Waals surface area (Å²) in [5, 5.41) is 3.26. The molecule has 0 heterocycles. The summed E-state index contributed by atoms with van der Waals surface area (Å²) >= 11 is 0. The zero-order chi connectivity index (χ0) is 16.8. The van der Waals surface area contributed by atoms with E-state index in [1.165, 1.54) is 24.8 Å². The fourth-order valence-corrected chi connectivity index (χ4v) is 6.24. The van der Waals surface area contributed by atoms with Gasteiger partial charge in [0, 0.05) is 13.1 Å². The number of rotatable bonds is 5. The molecule has 130 valence electrons. The van der Waals surface area contributed by atoms with Crippen LogP contribution in [0.2, 0.25) is 0 Å². The highest BCUT2D eigenvalue weighted by atomic mass is 16.2. The molecule has 1 aromatic rings. The standard InChI is InChI=1S/C21H30N2O/c1-23(2)9-8-22-19(24)21-13-16-10-17(14-21)12-20(11-16,15-21)18-6-4-3-5-7-18/h3-7,16-17H,8-15H2,1-2H3,(H,22,24)/t16-,17-,20?,21?/m1/s1. The maximum Gasteiger partial charge on any atom is 0.226 e. The lowest BCUT2D eigenvalue weighted by Crippen LogP contribution is -2.59. The van der Waals surface area contributed by atoms with Gasteiger partial charge < -0.3 is 10.2 Å². The Morgan fingerprint density at radius 2 is 1.79 bits per heavy atom. The highest BCUT2D eigenvalue weighted by Gasteiger charge is 2.60. The van der Waals surface area contributed by atoms with Crippen LogP contribution in [0, 0.1) is 17.3 Å². The Bertz CT molecular complexity index is 596. The minimum Gasteiger partial charge on any atom is -0.354 e. The monoisotopic (exact) mass is 326 g/mol. The summed E-state index contributed by atoms with van der Waals surface area (Å²) in [4.78, 5) is 15.3. The predicted octanol–water partition coefficient (Wildman–Crippen LogP) is 3.20. The van der Waals surface area contributed by atoms with Gasteiger partial charge in [-0.15, -0.1) is 0 Å². The Labute approximate surface area is 145 Å². The summed E-state index contributed by atoms with van der Waals surface area (Å²) < 4.78 is 0. The average molecular weight is 326 g/mol. The number of likely N-dealkylation sites (N-methyl/N-ethyl adjacent to an activating group) is 1. The van der Waals surface area contributed by atoms with Crippen molar-refractivity contribution in [2.24, 2.45) is 17.3 Å². The van der Waals surface area contributed by atoms with E-state index in [9.17, 15) is 4.79 Å². The maximum atomic E-state index is 13.1. The van der Waals surface area contributed by atoms with Crippen LogP contribution < -0.4 is 5.32 Å². The molecule has 3 nitrogen and oxygen atoms in total. The van der Waals surface area contributed by atoms with Gasteiger partial charge in [0.25, 0.3) is 0 Å². The second-order valence-corrected chi connectivity index (χ2v) is 8.95. The van der Waals surface area contributed by atoms with Crippen molar-refractivity contribution in [2.75, 3.05) is 27.2 Å². The first kappa shape index (κ1) is 16.1. The maximum absolute atomic E-state index is 13.1. The molecule has 5 rings (SSSR count). The molecule has 0 saturated heterocycles. The van der Waals surface area contributed by atoms with Crippen LogP contribution >= 0.6 is 0 Å². The van der Waals surface area contributed by atoms with Gasteiger partial charge in [0.15, 0.2) is 0 Å². The van der Waals surface area contributed by atoms with Crippen LogP contribution in [-0.4, -0.2) is 38.0 Å². The topological polar surface area (TPSA) is 32.3 Å².